The number of esters is 1. The van der Waals surface area contributed by atoms with Crippen molar-refractivity contribution in [3.8, 4) is 0 Å². The van der Waals surface area contributed by atoms with E-state index < -0.39 is 35.3 Å². The molecular weight excluding hydrogens is 695 g/mol. The lowest BCUT2D eigenvalue weighted by Gasteiger charge is -2.49. The number of carbonyl (C=O) groups excluding carboxylic acids is 3. The molecule has 50 heavy (non-hydrogen) atoms. The number of carbonyl (C=O) groups is 3. The number of benzene rings is 2. The van der Waals surface area contributed by atoms with Crippen LogP contribution in [0.2, 0.25) is 0 Å². The summed E-state index contributed by atoms with van der Waals surface area (Å²) in [6, 6.07) is 21.9. The molecule has 6 rings (SSSR count). The Hall–Kier alpha value is -4.99. The predicted molar refractivity (Wildman–Crippen MR) is 196 cm³/mol. The van der Waals surface area contributed by atoms with E-state index in [0.717, 1.165) is 39.5 Å². The largest absolute Gasteiger partial charge is 0.448 e. The van der Waals surface area contributed by atoms with Gasteiger partial charge < -0.3 is 20.6 Å². The van der Waals surface area contributed by atoms with Gasteiger partial charge in [-0.25, -0.2) is 4.79 Å². The van der Waals surface area contributed by atoms with Gasteiger partial charge in [-0.2, -0.15) is 9.36 Å². The number of nitrogens with one attached hydrogen (secondary N) is 1. The highest BCUT2D eigenvalue weighted by Crippen LogP contribution is 2.42. The van der Waals surface area contributed by atoms with Crippen LogP contribution < -0.4 is 11.1 Å². The van der Waals surface area contributed by atoms with Gasteiger partial charge in [-0.1, -0.05) is 71.9 Å². The van der Waals surface area contributed by atoms with Crippen molar-refractivity contribution in [1.29, 1.82) is 0 Å². The number of anilines is 1. The van der Waals surface area contributed by atoms with E-state index in [2.05, 4.69) is 24.8 Å². The summed E-state index contributed by atoms with van der Waals surface area (Å²) in [6.07, 6.45) is 3.03. The fourth-order valence-electron chi connectivity index (χ4n) is 5.24. The number of nitrogens with zero attached hydrogens (tertiary/aromatic N) is 5. The van der Waals surface area contributed by atoms with Crippen molar-refractivity contribution in [3.63, 3.8) is 0 Å². The second-order valence-electron chi connectivity index (χ2n) is 11.1. The summed E-state index contributed by atoms with van der Waals surface area (Å²) in [6.45, 7) is 3.84. The number of thioether (sulfide) groups is 2. The number of β-lactam (4-membered cyclic amide) rings is 1. The number of nitrogens with two attached hydrogens (primary N) is 1. The molecule has 0 aliphatic carbocycles. The van der Waals surface area contributed by atoms with Crippen LogP contribution in [0.15, 0.2) is 101 Å². The maximum absolute atomic E-state index is 14.3. The van der Waals surface area contributed by atoms with Crippen molar-refractivity contribution in [3.05, 3.63) is 124 Å². The minimum Gasteiger partial charge on any atom is -0.448 e. The van der Waals surface area contributed by atoms with Gasteiger partial charge in [0.15, 0.2) is 11.2 Å². The quantitative estimate of drug-likeness (QED) is 0.0829. The predicted octanol–water partition coefficient (Wildman–Crippen LogP) is 4.96. The monoisotopic (exact) mass is 727 g/mol. The zero-order valence-electron chi connectivity index (χ0n) is 27.1. The molecule has 2 aliphatic heterocycles. The van der Waals surface area contributed by atoms with Crippen LogP contribution in [0.1, 0.15) is 41.2 Å². The summed E-state index contributed by atoms with van der Waals surface area (Å²) >= 11 is 3.85. The Kier molecular flexibility index (Phi) is 11.3. The van der Waals surface area contributed by atoms with E-state index in [1.165, 1.54) is 28.4 Å². The highest BCUT2D eigenvalue weighted by Gasteiger charge is 2.55. The van der Waals surface area contributed by atoms with Gasteiger partial charge >= 0.3 is 5.97 Å². The number of oxime groups is 1. The summed E-state index contributed by atoms with van der Waals surface area (Å²) in [5.41, 5.74) is 9.90. The van der Waals surface area contributed by atoms with Crippen molar-refractivity contribution < 1.29 is 24.0 Å². The van der Waals surface area contributed by atoms with Gasteiger partial charge in [0.05, 0.1) is 0 Å². The summed E-state index contributed by atoms with van der Waals surface area (Å²) in [4.78, 5) is 56.4. The first kappa shape index (κ1) is 34.9. The fraction of sp³-hybridized carbons (Fsp3) is 0.229. The molecule has 15 heteroatoms. The van der Waals surface area contributed by atoms with E-state index in [-0.39, 0.29) is 29.0 Å². The topological polar surface area (TPSA) is 162 Å². The van der Waals surface area contributed by atoms with Gasteiger partial charge in [-0.3, -0.25) is 19.5 Å². The number of aryl methyl sites for hydroxylation is 1. The lowest BCUT2D eigenvalue weighted by Crippen LogP contribution is -2.71. The molecule has 0 bridgehead atoms. The highest BCUT2D eigenvalue weighted by atomic mass is 32.2. The Balaban J connectivity index is 1.26. The Morgan fingerprint density at radius 2 is 1.84 bits per heavy atom. The normalized spacial score (nSPS) is 17.5. The molecule has 1 fully saturated rings. The van der Waals surface area contributed by atoms with Crippen LogP contribution in [0.5, 0.6) is 0 Å². The van der Waals surface area contributed by atoms with Crippen molar-refractivity contribution in [2.24, 2.45) is 5.16 Å². The Morgan fingerprint density at radius 1 is 1.12 bits per heavy atom. The number of pyridine rings is 1. The molecule has 2 amide bonds. The third kappa shape index (κ3) is 7.90. The number of aromatic nitrogens is 3. The van der Waals surface area contributed by atoms with Crippen LogP contribution in [0, 0.1) is 6.92 Å². The minimum absolute atomic E-state index is 0.0100. The molecule has 2 aromatic heterocycles. The molecule has 3 N–H and O–H groups in total. The van der Waals surface area contributed by atoms with E-state index in [1.54, 1.807) is 13.1 Å². The number of hydrogen-bond donors (Lipinski definition) is 2. The van der Waals surface area contributed by atoms with Crippen molar-refractivity contribution in [2.75, 3.05) is 23.8 Å². The van der Waals surface area contributed by atoms with Crippen molar-refractivity contribution in [1.82, 2.24) is 24.6 Å². The van der Waals surface area contributed by atoms with Crippen LogP contribution in [0.4, 0.5) is 5.13 Å². The summed E-state index contributed by atoms with van der Waals surface area (Å²) in [5, 5.41) is 8.16. The molecule has 4 aromatic rings. The first-order valence-electron chi connectivity index (χ1n) is 15.6. The van der Waals surface area contributed by atoms with E-state index in [1.807, 2.05) is 91.2 Å². The third-order valence-corrected chi connectivity index (χ3v) is 10.4. The van der Waals surface area contributed by atoms with Gasteiger partial charge in [0.25, 0.3) is 11.8 Å². The van der Waals surface area contributed by atoms with Crippen LogP contribution in [0.3, 0.4) is 0 Å². The molecule has 256 valence electrons. The average molecular weight is 728 g/mol. The van der Waals surface area contributed by atoms with Crippen LogP contribution in [-0.4, -0.2) is 72.3 Å². The number of amides is 2. The van der Waals surface area contributed by atoms with Gasteiger partial charge in [0.1, 0.15) is 23.7 Å². The van der Waals surface area contributed by atoms with Gasteiger partial charge in [0, 0.05) is 34.9 Å². The summed E-state index contributed by atoms with van der Waals surface area (Å²) < 4.78 is 10.3. The number of rotatable bonds is 13. The molecule has 2 aliphatic rings. The number of fused-ring (bicyclic) bond motifs is 1. The van der Waals surface area contributed by atoms with Crippen molar-refractivity contribution >= 4 is 69.8 Å². The third-order valence-electron chi connectivity index (χ3n) is 7.66. The highest BCUT2D eigenvalue weighted by molar-refractivity contribution is 8.02. The molecule has 2 atom stereocenters. The maximum atomic E-state index is 14.3. The Bertz CT molecular complexity index is 1900. The second kappa shape index (κ2) is 16.1. The summed E-state index contributed by atoms with van der Waals surface area (Å²) in [5.74, 6) is -0.927. The van der Waals surface area contributed by atoms with Crippen LogP contribution in [0.25, 0.3) is 6.08 Å². The smallest absolute Gasteiger partial charge is 0.356 e. The first-order chi connectivity index (χ1) is 24.3. The molecule has 0 spiro atoms. The van der Waals surface area contributed by atoms with E-state index >= 15 is 0 Å². The molecule has 4 heterocycles. The van der Waals surface area contributed by atoms with Gasteiger partial charge in [-0.05, 0) is 53.7 Å². The lowest BCUT2D eigenvalue weighted by molar-refractivity contribution is -0.154. The zero-order valence-corrected chi connectivity index (χ0v) is 29.5. The van der Waals surface area contributed by atoms with E-state index in [9.17, 15) is 14.4 Å². The number of nitrogen functional groups attached to an aromatic ring is 1. The fourth-order valence-corrected chi connectivity index (χ4v) is 7.94. The minimum atomic E-state index is -0.944. The molecule has 0 radical (unpaired) electrons. The SMILES string of the molecule is CCON=C(C(=O)NC1C(=O)N2C(C(=O)OC(c3ccccc3)c3ccccc3)=C(CS/C=C\c3ccc(C)nc3)CS[C@H]12)c1nsc(N)n1. The first-order valence-corrected chi connectivity index (χ1v) is 18.5. The van der Waals surface area contributed by atoms with Crippen LogP contribution >= 0.6 is 35.1 Å². The van der Waals surface area contributed by atoms with E-state index in [0.29, 0.717) is 11.5 Å². The standard InChI is InChI=1S/C35H33N7O5S3/c1-3-46-40-26(30-39-35(36)50-41-30)31(43)38-27-32(44)42-28(25(20-49-33(27)42)19-48-17-16-22-15-14-21(2)37-18-22)34(45)47-29(23-10-6-4-7-11-23)24-12-8-5-9-13-24/h4-18,27,29,33H,3,19-20H2,1-2H3,(H,38,43)(H2,36,39,41)/b17-16-,40-26?/t27?,33-/m1/s1. The molecule has 1 unspecified atom stereocenters. The Morgan fingerprint density at radius 3 is 2.46 bits per heavy atom. The average Bonchev–Trinajstić information content (AvgIpc) is 3.58. The zero-order chi connectivity index (χ0) is 35.0. The molecule has 2 aromatic carbocycles. The lowest BCUT2D eigenvalue weighted by atomic mass is 10.0. The molecule has 12 nitrogen and oxygen atoms in total. The molecule has 0 saturated carbocycles. The second-order valence-corrected chi connectivity index (χ2v) is 13.9. The van der Waals surface area contributed by atoms with Crippen molar-refractivity contribution in [2.45, 2.75) is 31.4 Å². The van der Waals surface area contributed by atoms with Gasteiger partial charge in [-0.15, -0.1) is 23.5 Å². The number of hydrogen-bond acceptors (Lipinski definition) is 13. The Labute approximate surface area is 301 Å². The molecular formula is C35H33N7O5S3. The van der Waals surface area contributed by atoms with Gasteiger partial charge in [0.2, 0.25) is 11.5 Å². The van der Waals surface area contributed by atoms with E-state index in [4.69, 9.17) is 15.3 Å². The summed E-state index contributed by atoms with van der Waals surface area (Å²) in [7, 11) is 0. The van der Waals surface area contributed by atoms with Crippen LogP contribution in [-0.2, 0) is 24.0 Å². The number of ether oxygens (including phenoxy) is 1. The maximum Gasteiger partial charge on any atom is 0.356 e. The molecule has 1 saturated heterocycles.